The van der Waals surface area contributed by atoms with Crippen molar-refractivity contribution in [1.29, 1.82) is 0 Å². The van der Waals surface area contributed by atoms with Gasteiger partial charge in [0.25, 0.3) is 0 Å². The van der Waals surface area contributed by atoms with Gasteiger partial charge in [0.05, 0.1) is 35.7 Å². The van der Waals surface area contributed by atoms with Gasteiger partial charge in [0.1, 0.15) is 0 Å². The maximum atomic E-state index is 12.8. The van der Waals surface area contributed by atoms with E-state index in [9.17, 15) is 19.8 Å². The second-order valence-corrected chi connectivity index (χ2v) is 14.4. The number of aromatic nitrogens is 1. The van der Waals surface area contributed by atoms with E-state index in [2.05, 4.69) is 46.7 Å². The molecule has 8 bridgehead atoms. The van der Waals surface area contributed by atoms with Crippen molar-refractivity contribution in [3.8, 4) is 0 Å². The van der Waals surface area contributed by atoms with Gasteiger partial charge in [-0.25, -0.2) is 9.98 Å². The molecule has 4 aliphatic rings. The molecule has 274 valence electrons. The lowest BCUT2D eigenvalue weighted by Crippen LogP contribution is -2.35. The lowest BCUT2D eigenvalue weighted by molar-refractivity contribution is -0.141. The molecule has 56 heavy (non-hydrogen) atoms. The number of carboxylic acid groups (broad SMARTS) is 2. The van der Waals surface area contributed by atoms with Crippen LogP contribution in [0.15, 0.2) is 179 Å². The molecule has 4 unspecified atom stereocenters. The van der Waals surface area contributed by atoms with E-state index in [1.165, 1.54) is 0 Å². The first-order valence-electron chi connectivity index (χ1n) is 18.8. The van der Waals surface area contributed by atoms with Crippen molar-refractivity contribution < 1.29 is 19.8 Å². The zero-order valence-electron chi connectivity index (χ0n) is 30.3. The average Bonchev–Trinajstić information content (AvgIpc) is 4.04. The van der Waals surface area contributed by atoms with Gasteiger partial charge in [-0.3, -0.25) is 9.59 Å². The first-order chi connectivity index (χ1) is 27.4. The van der Waals surface area contributed by atoms with Crippen molar-refractivity contribution in [2.24, 2.45) is 21.8 Å². The van der Waals surface area contributed by atoms with Gasteiger partial charge in [0, 0.05) is 45.1 Å². The Morgan fingerprint density at radius 3 is 1.20 bits per heavy atom. The number of rotatable bonds is 8. The third kappa shape index (κ3) is 6.50. The molecular formula is C48H38N4O4. The van der Waals surface area contributed by atoms with E-state index >= 15 is 0 Å². The zero-order chi connectivity index (χ0) is 38.2. The summed E-state index contributed by atoms with van der Waals surface area (Å²) in [7, 11) is 0. The number of H-pyrrole nitrogens is 1. The van der Waals surface area contributed by atoms with Crippen molar-refractivity contribution in [3.05, 3.63) is 202 Å². The zero-order valence-corrected chi connectivity index (χ0v) is 30.3. The summed E-state index contributed by atoms with van der Waals surface area (Å²) in [5, 5.41) is 26.5. The molecule has 1 aromatic heterocycles. The van der Waals surface area contributed by atoms with E-state index in [1.807, 2.05) is 121 Å². The number of hydrogen-bond donors (Lipinski definition) is 4. The van der Waals surface area contributed by atoms with Crippen LogP contribution in [0.4, 0.5) is 0 Å². The molecule has 0 aliphatic carbocycles. The van der Waals surface area contributed by atoms with Crippen LogP contribution in [-0.2, 0) is 9.59 Å². The highest BCUT2D eigenvalue weighted by molar-refractivity contribution is 6.31. The molecule has 5 aromatic rings. The standard InChI is InChI=1S/C48H38N4O4/c53-41(54)27-33-34(28-42(55)56)48-46(32-19-11-4-12-20-32)40-26-24-38(51-40)44(30-15-7-2-8-16-30)36-22-21-35(49-36)43(29-13-5-1-6-14-29)37-23-25-39(50-37)45(47(33)52-48)31-17-9-3-10-18-31/h1-26,33-34,47-49,52H,27-28H2,(H,53,54)(H,55,56)/b43-35-,44-36-,45-39-,46-40-. The Balaban J connectivity index is 1.42. The summed E-state index contributed by atoms with van der Waals surface area (Å²) in [6.45, 7) is 0. The highest BCUT2D eigenvalue weighted by atomic mass is 16.4. The number of nitrogens with zero attached hydrogens (tertiary/aromatic N) is 2. The van der Waals surface area contributed by atoms with Crippen LogP contribution in [0.25, 0.3) is 22.3 Å². The molecule has 1 fully saturated rings. The van der Waals surface area contributed by atoms with Gasteiger partial charge in [0.2, 0.25) is 0 Å². The van der Waals surface area contributed by atoms with Crippen LogP contribution in [0.2, 0.25) is 0 Å². The minimum atomic E-state index is -0.994. The summed E-state index contributed by atoms with van der Waals surface area (Å²) in [6, 6.07) is 43.1. The fraction of sp³-hybridized carbons (Fsp3) is 0.125. The van der Waals surface area contributed by atoms with Crippen molar-refractivity contribution in [1.82, 2.24) is 10.3 Å². The van der Waals surface area contributed by atoms with Gasteiger partial charge in [-0.2, -0.15) is 0 Å². The largest absolute Gasteiger partial charge is 0.481 e. The topological polar surface area (TPSA) is 127 Å². The molecule has 0 amide bonds. The molecule has 1 saturated heterocycles. The van der Waals surface area contributed by atoms with Crippen molar-refractivity contribution in [2.75, 3.05) is 0 Å². The number of carbonyl (C=O) groups is 2. The lowest BCUT2D eigenvalue weighted by atomic mass is 9.76. The minimum absolute atomic E-state index is 0.240. The fourth-order valence-electron chi connectivity index (χ4n) is 8.76. The highest BCUT2D eigenvalue weighted by Crippen LogP contribution is 2.46. The number of fused-ring (bicyclic) bond motifs is 6. The predicted octanol–water partition coefficient (Wildman–Crippen LogP) is 6.79. The number of nitrogens with one attached hydrogen (secondary N) is 2. The third-order valence-corrected chi connectivity index (χ3v) is 11.1. The normalized spacial score (nSPS) is 25.9. The van der Waals surface area contributed by atoms with Crippen LogP contribution < -0.4 is 16.0 Å². The number of aliphatic carboxylic acids is 2. The maximum absolute atomic E-state index is 12.8. The van der Waals surface area contributed by atoms with Crippen LogP contribution in [0.1, 0.15) is 35.1 Å². The summed E-state index contributed by atoms with van der Waals surface area (Å²) < 4.78 is 0. The lowest BCUT2D eigenvalue weighted by Gasteiger charge is -2.26. The Labute approximate surface area is 323 Å². The van der Waals surface area contributed by atoms with E-state index in [1.54, 1.807) is 0 Å². The van der Waals surface area contributed by atoms with Crippen LogP contribution in [0.5, 0.6) is 0 Å². The monoisotopic (exact) mass is 734 g/mol. The van der Waals surface area contributed by atoms with Crippen molar-refractivity contribution in [2.45, 2.75) is 24.9 Å². The van der Waals surface area contributed by atoms with Gasteiger partial charge in [0.15, 0.2) is 0 Å². The molecule has 8 nitrogen and oxygen atoms in total. The van der Waals surface area contributed by atoms with E-state index in [0.717, 1.165) is 66.7 Å². The molecule has 4 aromatic carbocycles. The Morgan fingerprint density at radius 1 is 0.482 bits per heavy atom. The van der Waals surface area contributed by atoms with E-state index in [4.69, 9.17) is 9.98 Å². The molecule has 9 rings (SSSR count). The van der Waals surface area contributed by atoms with Crippen LogP contribution in [0, 0.1) is 11.8 Å². The SMILES string of the molecule is O=C(O)CC1C2NC(/C(c3ccccc3)=C3/C=CC(=N3)/C(c3ccccc3)=c3/cc/c([nH]3)=C(\c3ccccc3)C3=N/C(=C\2c2ccccc2)C=C3)C1CC(=O)O. The molecule has 0 saturated carbocycles. The summed E-state index contributed by atoms with van der Waals surface area (Å²) in [5.41, 5.74) is 10.0. The Hall–Kier alpha value is -6.90. The first kappa shape index (κ1) is 34.8. The second kappa shape index (κ2) is 14.7. The quantitative estimate of drug-likeness (QED) is 0.140. The maximum Gasteiger partial charge on any atom is 0.303 e. The van der Waals surface area contributed by atoms with Gasteiger partial charge in [-0.05, 0) is 70.5 Å². The highest BCUT2D eigenvalue weighted by Gasteiger charge is 2.49. The van der Waals surface area contributed by atoms with Gasteiger partial charge in [-0.1, -0.05) is 121 Å². The van der Waals surface area contributed by atoms with E-state index in [0.29, 0.717) is 11.4 Å². The van der Waals surface area contributed by atoms with Crippen LogP contribution in [0.3, 0.4) is 0 Å². The summed E-state index contributed by atoms with van der Waals surface area (Å²) in [4.78, 5) is 40.0. The molecule has 4 atom stereocenters. The number of aliphatic imine (C=N–C) groups is 2. The Kier molecular flexibility index (Phi) is 9.17. The van der Waals surface area contributed by atoms with E-state index in [-0.39, 0.29) is 12.8 Å². The summed E-state index contributed by atoms with van der Waals surface area (Å²) in [6.07, 6.45) is 7.54. The van der Waals surface area contributed by atoms with Gasteiger partial charge in [-0.15, -0.1) is 0 Å². The van der Waals surface area contributed by atoms with Gasteiger partial charge >= 0.3 is 11.9 Å². The number of aromatic amines is 1. The van der Waals surface area contributed by atoms with Crippen LogP contribution >= 0.6 is 0 Å². The number of hydrogen-bond acceptors (Lipinski definition) is 5. The van der Waals surface area contributed by atoms with Crippen LogP contribution in [-0.4, -0.2) is 50.6 Å². The molecule has 0 spiro atoms. The average molecular weight is 735 g/mol. The predicted molar refractivity (Wildman–Crippen MR) is 220 cm³/mol. The van der Waals surface area contributed by atoms with Crippen molar-refractivity contribution >= 4 is 45.7 Å². The Morgan fingerprint density at radius 2 is 0.839 bits per heavy atom. The first-order valence-corrected chi connectivity index (χ1v) is 18.8. The number of allylic oxidation sites excluding steroid dienone is 4. The van der Waals surface area contributed by atoms with Crippen molar-refractivity contribution in [3.63, 3.8) is 0 Å². The number of benzene rings is 4. The molecule has 4 N–H and O–H groups in total. The summed E-state index contributed by atoms with van der Waals surface area (Å²) in [5.74, 6) is -3.21. The molecular weight excluding hydrogens is 697 g/mol. The molecule has 5 heterocycles. The molecule has 0 radical (unpaired) electrons. The minimum Gasteiger partial charge on any atom is -0.481 e. The fourth-order valence-corrected chi connectivity index (χ4v) is 8.76. The summed E-state index contributed by atoms with van der Waals surface area (Å²) >= 11 is 0. The van der Waals surface area contributed by atoms with E-state index < -0.39 is 35.9 Å². The molecule has 8 heteroatoms. The second-order valence-electron chi connectivity index (χ2n) is 14.4. The smallest absolute Gasteiger partial charge is 0.303 e. The Bertz CT molecular complexity index is 2490. The molecule has 4 aliphatic heterocycles. The third-order valence-electron chi connectivity index (χ3n) is 11.1. The van der Waals surface area contributed by atoms with Gasteiger partial charge < -0.3 is 20.5 Å². The number of carboxylic acids is 2.